The van der Waals surface area contributed by atoms with E-state index in [9.17, 15) is 0 Å². The molecule has 0 saturated carbocycles. The van der Waals surface area contributed by atoms with Crippen LogP contribution in [0, 0.1) is 0 Å². The van der Waals surface area contributed by atoms with E-state index in [1.165, 1.54) is 0 Å². The van der Waals surface area contributed by atoms with Gasteiger partial charge in [-0.2, -0.15) is 0 Å². The van der Waals surface area contributed by atoms with E-state index in [2.05, 4.69) is 11.9 Å². The number of aliphatic hydroxyl groups excluding tert-OH is 1. The predicted molar refractivity (Wildman–Crippen MR) is 50.2 cm³/mol. The zero-order valence-corrected chi connectivity index (χ0v) is 7.59. The van der Waals surface area contributed by atoms with Gasteiger partial charge in [0, 0.05) is 13.2 Å². The maximum atomic E-state index is 8.46. The molecular weight excluding hydrogens is 154 g/mol. The van der Waals surface area contributed by atoms with Gasteiger partial charge in [-0.1, -0.05) is 6.08 Å². The minimum absolute atomic E-state index is 0.254. The summed E-state index contributed by atoms with van der Waals surface area (Å²) in [6.45, 7) is 7.06. The molecule has 3 heteroatoms. The Hall–Kier alpha value is -0.380. The van der Waals surface area contributed by atoms with E-state index in [1.54, 1.807) is 0 Å². The van der Waals surface area contributed by atoms with Gasteiger partial charge in [0.15, 0.2) is 0 Å². The minimum Gasteiger partial charge on any atom is -0.396 e. The molecule has 0 aromatic rings. The first-order chi connectivity index (χ1) is 5.91. The molecule has 0 aromatic carbocycles. The first-order valence-electron chi connectivity index (χ1n) is 4.42. The summed E-state index contributed by atoms with van der Waals surface area (Å²) in [4.78, 5) is 0. The van der Waals surface area contributed by atoms with Crippen molar-refractivity contribution in [2.45, 2.75) is 12.8 Å². The third-order valence-electron chi connectivity index (χ3n) is 1.40. The minimum atomic E-state index is 0.254. The number of ether oxygens (including phenoxy) is 1. The Bertz CT molecular complexity index is 96.5. The Morgan fingerprint density at radius 1 is 1.33 bits per heavy atom. The van der Waals surface area contributed by atoms with Gasteiger partial charge in [-0.05, 0) is 19.4 Å². The quantitative estimate of drug-likeness (QED) is 0.395. The van der Waals surface area contributed by atoms with Crippen LogP contribution in [0.3, 0.4) is 0 Å². The molecule has 0 aliphatic rings. The molecule has 72 valence electrons. The number of nitrogens with one attached hydrogen (secondary N) is 1. The zero-order valence-electron chi connectivity index (χ0n) is 7.59. The summed E-state index contributed by atoms with van der Waals surface area (Å²) in [6, 6.07) is 0. The van der Waals surface area contributed by atoms with E-state index in [0.29, 0.717) is 0 Å². The summed E-state index contributed by atoms with van der Waals surface area (Å²) in [5.74, 6) is 0. The second-order valence-electron chi connectivity index (χ2n) is 2.52. The number of hydrogen-bond acceptors (Lipinski definition) is 3. The topological polar surface area (TPSA) is 41.5 Å². The van der Waals surface area contributed by atoms with Crippen molar-refractivity contribution in [1.29, 1.82) is 0 Å². The van der Waals surface area contributed by atoms with Crippen molar-refractivity contribution in [3.8, 4) is 0 Å². The van der Waals surface area contributed by atoms with Crippen LogP contribution < -0.4 is 5.32 Å². The number of rotatable bonds is 9. The molecule has 0 rings (SSSR count). The van der Waals surface area contributed by atoms with Crippen LogP contribution in [0.15, 0.2) is 12.7 Å². The summed E-state index contributed by atoms with van der Waals surface area (Å²) in [7, 11) is 0. The highest BCUT2D eigenvalue weighted by molar-refractivity contribution is 4.64. The summed E-state index contributed by atoms with van der Waals surface area (Å²) in [5, 5.41) is 11.6. The van der Waals surface area contributed by atoms with Gasteiger partial charge in [0.2, 0.25) is 0 Å². The van der Waals surface area contributed by atoms with Crippen molar-refractivity contribution in [3.63, 3.8) is 0 Å². The SMILES string of the molecule is C=CCCOCCNCCCO. The van der Waals surface area contributed by atoms with Gasteiger partial charge in [0.05, 0.1) is 13.2 Å². The molecule has 0 aromatic heterocycles. The van der Waals surface area contributed by atoms with Crippen molar-refractivity contribution in [2.24, 2.45) is 0 Å². The van der Waals surface area contributed by atoms with Gasteiger partial charge in [0.1, 0.15) is 0 Å². The Balaban J connectivity index is 2.77. The molecule has 0 fully saturated rings. The first kappa shape index (κ1) is 11.6. The lowest BCUT2D eigenvalue weighted by Gasteiger charge is -2.03. The van der Waals surface area contributed by atoms with Gasteiger partial charge >= 0.3 is 0 Å². The van der Waals surface area contributed by atoms with Gasteiger partial charge < -0.3 is 15.2 Å². The fourth-order valence-corrected chi connectivity index (χ4v) is 0.742. The molecule has 2 N–H and O–H groups in total. The molecule has 0 saturated heterocycles. The highest BCUT2D eigenvalue weighted by Gasteiger charge is 1.87. The monoisotopic (exact) mass is 173 g/mol. The van der Waals surface area contributed by atoms with E-state index in [-0.39, 0.29) is 6.61 Å². The zero-order chi connectivity index (χ0) is 9.07. The summed E-state index contributed by atoms with van der Waals surface area (Å²) >= 11 is 0. The highest BCUT2D eigenvalue weighted by atomic mass is 16.5. The summed E-state index contributed by atoms with van der Waals surface area (Å²) in [5.41, 5.74) is 0. The van der Waals surface area contributed by atoms with Gasteiger partial charge in [-0.3, -0.25) is 0 Å². The standard InChI is InChI=1S/C9H19NO2/c1-2-3-8-12-9-6-10-5-4-7-11/h2,10-11H,1,3-9H2. The first-order valence-corrected chi connectivity index (χ1v) is 4.42. The lowest BCUT2D eigenvalue weighted by atomic mass is 10.4. The fraction of sp³-hybridized carbons (Fsp3) is 0.778. The van der Waals surface area contributed by atoms with Crippen molar-refractivity contribution in [1.82, 2.24) is 5.32 Å². The van der Waals surface area contributed by atoms with Crippen LogP contribution in [-0.2, 0) is 4.74 Å². The largest absolute Gasteiger partial charge is 0.396 e. The van der Waals surface area contributed by atoms with Crippen LogP contribution >= 0.6 is 0 Å². The maximum absolute atomic E-state index is 8.46. The summed E-state index contributed by atoms with van der Waals surface area (Å²) < 4.78 is 5.26. The average Bonchev–Trinajstić information content (AvgIpc) is 2.10. The third-order valence-corrected chi connectivity index (χ3v) is 1.40. The molecule has 12 heavy (non-hydrogen) atoms. The molecule has 0 spiro atoms. The van der Waals surface area contributed by atoms with Crippen molar-refractivity contribution >= 4 is 0 Å². The second-order valence-corrected chi connectivity index (χ2v) is 2.52. The molecule has 0 amide bonds. The van der Waals surface area contributed by atoms with E-state index in [4.69, 9.17) is 9.84 Å². The normalized spacial score (nSPS) is 10.1. The van der Waals surface area contributed by atoms with Crippen LogP contribution in [0.5, 0.6) is 0 Å². The molecular formula is C9H19NO2. The van der Waals surface area contributed by atoms with E-state index in [0.717, 1.165) is 39.1 Å². The molecule has 0 heterocycles. The molecule has 0 aliphatic carbocycles. The van der Waals surface area contributed by atoms with Crippen LogP contribution in [0.4, 0.5) is 0 Å². The third kappa shape index (κ3) is 9.62. The maximum Gasteiger partial charge on any atom is 0.0591 e. The van der Waals surface area contributed by atoms with Crippen molar-refractivity contribution in [3.05, 3.63) is 12.7 Å². The van der Waals surface area contributed by atoms with Gasteiger partial charge in [0.25, 0.3) is 0 Å². The van der Waals surface area contributed by atoms with Crippen LogP contribution in [0.25, 0.3) is 0 Å². The van der Waals surface area contributed by atoms with Crippen LogP contribution in [-0.4, -0.2) is 38.0 Å². The lowest BCUT2D eigenvalue weighted by Crippen LogP contribution is -2.21. The Morgan fingerprint density at radius 2 is 2.17 bits per heavy atom. The van der Waals surface area contributed by atoms with Crippen LogP contribution in [0.1, 0.15) is 12.8 Å². The second kappa shape index (κ2) is 10.6. The number of hydrogen-bond donors (Lipinski definition) is 2. The van der Waals surface area contributed by atoms with Crippen molar-refractivity contribution in [2.75, 3.05) is 32.9 Å². The van der Waals surface area contributed by atoms with Crippen molar-refractivity contribution < 1.29 is 9.84 Å². The molecule has 0 atom stereocenters. The van der Waals surface area contributed by atoms with E-state index in [1.807, 2.05) is 6.08 Å². The molecule has 0 radical (unpaired) electrons. The Morgan fingerprint density at radius 3 is 2.83 bits per heavy atom. The smallest absolute Gasteiger partial charge is 0.0591 e. The summed E-state index contributed by atoms with van der Waals surface area (Å²) in [6.07, 6.45) is 3.57. The lowest BCUT2D eigenvalue weighted by molar-refractivity contribution is 0.140. The molecule has 0 bridgehead atoms. The Labute approximate surface area is 74.4 Å². The van der Waals surface area contributed by atoms with E-state index < -0.39 is 0 Å². The predicted octanol–water partition coefficient (Wildman–Crippen LogP) is 0.551. The fourth-order valence-electron chi connectivity index (χ4n) is 0.742. The highest BCUT2D eigenvalue weighted by Crippen LogP contribution is 1.81. The van der Waals surface area contributed by atoms with E-state index >= 15 is 0 Å². The molecule has 0 aliphatic heterocycles. The van der Waals surface area contributed by atoms with Crippen LogP contribution in [0.2, 0.25) is 0 Å². The van der Waals surface area contributed by atoms with Gasteiger partial charge in [-0.15, -0.1) is 6.58 Å². The van der Waals surface area contributed by atoms with Gasteiger partial charge in [-0.25, -0.2) is 0 Å². The Kier molecular flexibility index (Phi) is 10.3. The molecule has 0 unspecified atom stereocenters. The average molecular weight is 173 g/mol. The number of aliphatic hydroxyl groups is 1. The molecule has 3 nitrogen and oxygen atoms in total.